The molecule has 0 aliphatic heterocycles. The predicted octanol–water partition coefficient (Wildman–Crippen LogP) is 2.51. The van der Waals surface area contributed by atoms with Gasteiger partial charge in [0.25, 0.3) is 0 Å². The summed E-state index contributed by atoms with van der Waals surface area (Å²) in [5, 5.41) is 2.63. The molecule has 1 aliphatic rings. The molecule has 1 fully saturated rings. The molecule has 0 saturated heterocycles. The largest absolute Gasteiger partial charge is 0.497 e. The van der Waals surface area contributed by atoms with Crippen LogP contribution in [0.2, 0.25) is 0 Å². The lowest BCUT2D eigenvalue weighted by molar-refractivity contribution is -0.135. The summed E-state index contributed by atoms with van der Waals surface area (Å²) in [6, 6.07) is 11.2. The van der Waals surface area contributed by atoms with E-state index in [0.717, 1.165) is 0 Å². The van der Waals surface area contributed by atoms with Gasteiger partial charge in [0.1, 0.15) is 16.9 Å². The number of nitrogens with one attached hydrogen (secondary N) is 1. The van der Waals surface area contributed by atoms with Crippen LogP contribution in [0.25, 0.3) is 0 Å². The number of benzene rings is 2. The molecule has 7 heteroatoms. The molecule has 0 radical (unpaired) electrons. The Morgan fingerprint density at radius 3 is 2.35 bits per heavy atom. The molecule has 0 heterocycles. The number of hydrogen-bond acceptors (Lipinski definition) is 4. The fourth-order valence-electron chi connectivity index (χ4n) is 2.57. The Morgan fingerprint density at radius 1 is 1.15 bits per heavy atom. The molecule has 0 spiro atoms. The predicted molar refractivity (Wildman–Crippen MR) is 92.2 cm³/mol. The second-order valence-electron chi connectivity index (χ2n) is 6.17. The minimum absolute atomic E-state index is 0.0704. The highest BCUT2D eigenvalue weighted by atomic mass is 19.1. The molecule has 0 atom stereocenters. The number of nitrogens with two attached hydrogens (primary N) is 1. The minimum atomic E-state index is -1.09. The van der Waals surface area contributed by atoms with Crippen molar-refractivity contribution < 1.29 is 23.5 Å². The summed E-state index contributed by atoms with van der Waals surface area (Å²) in [7, 11) is 1.56. The van der Waals surface area contributed by atoms with Gasteiger partial charge in [-0.15, -0.1) is 0 Å². The van der Waals surface area contributed by atoms with Crippen molar-refractivity contribution in [3.63, 3.8) is 0 Å². The number of amides is 2. The molecule has 0 aromatic heterocycles. The van der Waals surface area contributed by atoms with Crippen molar-refractivity contribution in [1.29, 1.82) is 0 Å². The van der Waals surface area contributed by atoms with E-state index in [0.29, 0.717) is 29.9 Å². The number of carbonyl (C=O) groups excluding carboxylic acids is 2. The van der Waals surface area contributed by atoms with Gasteiger partial charge < -0.3 is 20.5 Å². The average Bonchev–Trinajstić information content (AvgIpc) is 3.44. The zero-order valence-corrected chi connectivity index (χ0v) is 14.3. The van der Waals surface area contributed by atoms with Crippen LogP contribution in [-0.4, -0.2) is 18.9 Å². The fraction of sp³-hybridized carbons (Fsp3) is 0.263. The highest BCUT2D eigenvalue weighted by Gasteiger charge is 2.55. The van der Waals surface area contributed by atoms with Crippen molar-refractivity contribution in [3.05, 3.63) is 53.8 Å². The molecule has 26 heavy (non-hydrogen) atoms. The quantitative estimate of drug-likeness (QED) is 0.744. The Hall–Kier alpha value is -3.09. The summed E-state index contributed by atoms with van der Waals surface area (Å²) in [5.74, 6) is -0.366. The second kappa shape index (κ2) is 7.03. The van der Waals surface area contributed by atoms with Crippen molar-refractivity contribution in [1.82, 2.24) is 5.32 Å². The summed E-state index contributed by atoms with van der Waals surface area (Å²) in [6.07, 6.45) is 0.911. The van der Waals surface area contributed by atoms with Gasteiger partial charge in [0.2, 0.25) is 11.8 Å². The van der Waals surface area contributed by atoms with Crippen molar-refractivity contribution >= 4 is 11.8 Å². The van der Waals surface area contributed by atoms with Crippen molar-refractivity contribution in [3.8, 4) is 17.2 Å². The molecule has 3 N–H and O–H groups in total. The standard InChI is InChI=1S/C19H19FN2O4/c1-25-13-3-5-14(6-4-13)26-16-7-2-12(10-15(16)20)11-22-18(24)19(8-9-19)17(21)23/h2-7,10H,8-9,11H2,1H3,(H2,21,23)(H,22,24). The first-order valence-electron chi connectivity index (χ1n) is 8.13. The molecule has 1 aliphatic carbocycles. The summed E-state index contributed by atoms with van der Waals surface area (Å²) in [4.78, 5) is 23.4. The van der Waals surface area contributed by atoms with Gasteiger partial charge in [-0.2, -0.15) is 0 Å². The SMILES string of the molecule is COc1ccc(Oc2ccc(CNC(=O)C3(C(N)=O)CC3)cc2F)cc1. The Balaban J connectivity index is 1.62. The number of halogens is 1. The smallest absolute Gasteiger partial charge is 0.235 e. The zero-order valence-electron chi connectivity index (χ0n) is 14.3. The third kappa shape index (κ3) is 3.61. The Morgan fingerprint density at radius 2 is 1.81 bits per heavy atom. The summed E-state index contributed by atoms with van der Waals surface area (Å²) < 4.78 is 24.8. The van der Waals surface area contributed by atoms with Crippen LogP contribution < -0.4 is 20.5 Å². The lowest BCUT2D eigenvalue weighted by Gasteiger charge is -2.12. The van der Waals surface area contributed by atoms with Gasteiger partial charge in [-0.1, -0.05) is 6.07 Å². The van der Waals surface area contributed by atoms with E-state index in [1.165, 1.54) is 12.1 Å². The number of methoxy groups -OCH3 is 1. The Bertz CT molecular complexity index is 832. The van der Waals surface area contributed by atoms with Crippen LogP contribution in [0, 0.1) is 11.2 Å². The molecule has 0 unspecified atom stereocenters. The van der Waals surface area contributed by atoms with Crippen molar-refractivity contribution in [2.75, 3.05) is 7.11 Å². The molecule has 136 valence electrons. The van der Waals surface area contributed by atoms with Gasteiger partial charge in [-0.25, -0.2) is 4.39 Å². The van der Waals surface area contributed by atoms with Gasteiger partial charge in [0.15, 0.2) is 11.6 Å². The van der Waals surface area contributed by atoms with Gasteiger partial charge in [0.05, 0.1) is 7.11 Å². The summed E-state index contributed by atoms with van der Waals surface area (Å²) in [5.41, 5.74) is 4.72. The van der Waals surface area contributed by atoms with Crippen LogP contribution in [-0.2, 0) is 16.1 Å². The highest BCUT2D eigenvalue weighted by Crippen LogP contribution is 2.45. The first kappa shape index (κ1) is 17.7. The van der Waals surface area contributed by atoms with Gasteiger partial charge in [-0.05, 0) is 54.8 Å². The van der Waals surface area contributed by atoms with Crippen molar-refractivity contribution in [2.45, 2.75) is 19.4 Å². The maximum absolute atomic E-state index is 14.2. The maximum Gasteiger partial charge on any atom is 0.235 e. The topological polar surface area (TPSA) is 90.7 Å². The fourth-order valence-corrected chi connectivity index (χ4v) is 2.57. The summed E-state index contributed by atoms with van der Waals surface area (Å²) in [6.45, 7) is 0.105. The van der Waals surface area contributed by atoms with E-state index >= 15 is 0 Å². The molecule has 6 nitrogen and oxygen atoms in total. The summed E-state index contributed by atoms with van der Waals surface area (Å²) >= 11 is 0. The van der Waals surface area contributed by atoms with Gasteiger partial charge in [-0.3, -0.25) is 9.59 Å². The molecule has 2 aromatic carbocycles. The van der Waals surface area contributed by atoms with Gasteiger partial charge in [0, 0.05) is 6.54 Å². The van der Waals surface area contributed by atoms with Crippen LogP contribution in [0.3, 0.4) is 0 Å². The van der Waals surface area contributed by atoms with E-state index in [1.807, 2.05) is 0 Å². The lowest BCUT2D eigenvalue weighted by Crippen LogP contribution is -2.40. The van der Waals surface area contributed by atoms with Crippen LogP contribution in [0.15, 0.2) is 42.5 Å². The minimum Gasteiger partial charge on any atom is -0.497 e. The molecular weight excluding hydrogens is 339 g/mol. The lowest BCUT2D eigenvalue weighted by atomic mass is 10.1. The van der Waals surface area contributed by atoms with E-state index in [9.17, 15) is 14.0 Å². The number of primary amides is 1. The van der Waals surface area contributed by atoms with Crippen LogP contribution in [0.1, 0.15) is 18.4 Å². The normalized spacial score (nSPS) is 14.4. The van der Waals surface area contributed by atoms with E-state index in [4.69, 9.17) is 15.2 Å². The van der Waals surface area contributed by atoms with Crippen LogP contribution >= 0.6 is 0 Å². The molecule has 3 rings (SSSR count). The van der Waals surface area contributed by atoms with Crippen LogP contribution in [0.5, 0.6) is 17.2 Å². The first-order valence-corrected chi connectivity index (χ1v) is 8.13. The monoisotopic (exact) mass is 358 g/mol. The second-order valence-corrected chi connectivity index (χ2v) is 6.17. The molecular formula is C19H19FN2O4. The number of hydrogen-bond donors (Lipinski definition) is 2. The van der Waals surface area contributed by atoms with E-state index in [1.54, 1.807) is 37.4 Å². The first-order chi connectivity index (χ1) is 12.4. The van der Waals surface area contributed by atoms with Gasteiger partial charge >= 0.3 is 0 Å². The third-order valence-corrected chi connectivity index (χ3v) is 4.39. The number of rotatable bonds is 7. The molecule has 0 bridgehead atoms. The average molecular weight is 358 g/mol. The maximum atomic E-state index is 14.2. The highest BCUT2D eigenvalue weighted by molar-refractivity contribution is 6.07. The molecule has 2 aromatic rings. The zero-order chi connectivity index (χ0) is 18.7. The van der Waals surface area contributed by atoms with E-state index in [-0.39, 0.29) is 12.3 Å². The van der Waals surface area contributed by atoms with Crippen molar-refractivity contribution in [2.24, 2.45) is 11.1 Å². The molecule has 1 saturated carbocycles. The Kier molecular flexibility index (Phi) is 4.79. The third-order valence-electron chi connectivity index (χ3n) is 4.39. The van der Waals surface area contributed by atoms with Crippen LogP contribution in [0.4, 0.5) is 4.39 Å². The number of ether oxygens (including phenoxy) is 2. The van der Waals surface area contributed by atoms with E-state index < -0.39 is 23.0 Å². The van der Waals surface area contributed by atoms with E-state index in [2.05, 4.69) is 5.32 Å². The Labute approximate surface area is 150 Å². The number of carbonyl (C=O) groups is 2. The molecule has 2 amide bonds.